The first-order chi connectivity index (χ1) is 12.2. The Morgan fingerprint density at radius 3 is 2.40 bits per heavy atom. The number of halogens is 2. The zero-order valence-corrected chi connectivity index (χ0v) is 14.4. The van der Waals surface area contributed by atoms with Crippen molar-refractivity contribution < 1.29 is 17.9 Å². The molecule has 0 atom stereocenters. The molecule has 1 aliphatic carbocycles. The van der Waals surface area contributed by atoms with Gasteiger partial charge in [-0.15, -0.1) is 0 Å². The van der Waals surface area contributed by atoms with E-state index in [4.69, 9.17) is 9.15 Å². The largest absolute Gasteiger partial charge is 0.487 e. The lowest BCUT2D eigenvalue weighted by molar-refractivity contribution is 0.115. The molecule has 3 aromatic rings. The third-order valence-electron chi connectivity index (χ3n) is 5.13. The minimum absolute atomic E-state index is 0.0800. The number of hydrogen-bond donors (Lipinski definition) is 0. The van der Waals surface area contributed by atoms with Crippen LogP contribution < -0.4 is 4.74 Å². The fourth-order valence-electron chi connectivity index (χ4n) is 3.38. The SMILES string of the molecule is CCCCCc1ccc2c(oc3c(F)c(OC4CCC4)ccc32)c1F. The van der Waals surface area contributed by atoms with E-state index >= 15 is 0 Å². The number of furan rings is 1. The number of aryl methyl sites for hydroxylation is 1. The highest BCUT2D eigenvalue weighted by molar-refractivity contribution is 6.05. The van der Waals surface area contributed by atoms with Gasteiger partial charge in [-0.2, -0.15) is 4.39 Å². The summed E-state index contributed by atoms with van der Waals surface area (Å²) in [5.74, 6) is -0.710. The molecule has 1 heterocycles. The molecule has 1 fully saturated rings. The van der Waals surface area contributed by atoms with Crippen LogP contribution in [-0.2, 0) is 6.42 Å². The van der Waals surface area contributed by atoms with Gasteiger partial charge in [-0.05, 0) is 55.9 Å². The van der Waals surface area contributed by atoms with Gasteiger partial charge in [-0.1, -0.05) is 25.8 Å². The fraction of sp³-hybridized carbons (Fsp3) is 0.429. The number of rotatable bonds is 6. The summed E-state index contributed by atoms with van der Waals surface area (Å²) in [6, 6.07) is 7.00. The number of ether oxygens (including phenoxy) is 1. The summed E-state index contributed by atoms with van der Waals surface area (Å²) in [5, 5.41) is 1.20. The van der Waals surface area contributed by atoms with E-state index in [1.807, 2.05) is 6.07 Å². The molecule has 1 aliphatic rings. The number of hydrogen-bond acceptors (Lipinski definition) is 2. The van der Waals surface area contributed by atoms with E-state index < -0.39 is 5.82 Å². The van der Waals surface area contributed by atoms with E-state index in [-0.39, 0.29) is 28.8 Å². The fourth-order valence-corrected chi connectivity index (χ4v) is 3.38. The van der Waals surface area contributed by atoms with Gasteiger partial charge >= 0.3 is 0 Å². The van der Waals surface area contributed by atoms with E-state index in [9.17, 15) is 8.78 Å². The van der Waals surface area contributed by atoms with Crippen LogP contribution in [0.2, 0.25) is 0 Å². The molecule has 0 amide bonds. The van der Waals surface area contributed by atoms with Crippen molar-refractivity contribution >= 4 is 21.9 Å². The van der Waals surface area contributed by atoms with Crippen LogP contribution in [0.5, 0.6) is 5.75 Å². The van der Waals surface area contributed by atoms with Crippen LogP contribution in [-0.4, -0.2) is 6.10 Å². The van der Waals surface area contributed by atoms with Gasteiger partial charge in [-0.3, -0.25) is 0 Å². The first-order valence-electron chi connectivity index (χ1n) is 9.17. The zero-order valence-electron chi connectivity index (χ0n) is 14.4. The Morgan fingerprint density at radius 2 is 1.72 bits per heavy atom. The summed E-state index contributed by atoms with van der Waals surface area (Å²) in [6.07, 6.45) is 6.86. The average molecular weight is 344 g/mol. The lowest BCUT2D eigenvalue weighted by atomic mass is 9.96. The Bertz CT molecular complexity index is 909. The molecule has 0 radical (unpaired) electrons. The Balaban J connectivity index is 1.74. The van der Waals surface area contributed by atoms with Crippen molar-refractivity contribution in [2.45, 2.75) is 58.0 Å². The summed E-state index contributed by atoms with van der Waals surface area (Å²) < 4.78 is 40.8. The van der Waals surface area contributed by atoms with Crippen molar-refractivity contribution in [3.05, 3.63) is 41.5 Å². The Morgan fingerprint density at radius 1 is 1.00 bits per heavy atom. The molecule has 132 valence electrons. The summed E-state index contributed by atoms with van der Waals surface area (Å²) in [7, 11) is 0. The van der Waals surface area contributed by atoms with Crippen LogP contribution in [0, 0.1) is 11.6 Å². The molecule has 1 saturated carbocycles. The minimum atomic E-state index is -0.535. The molecule has 2 nitrogen and oxygen atoms in total. The first kappa shape index (κ1) is 16.4. The van der Waals surface area contributed by atoms with Crippen molar-refractivity contribution in [3.8, 4) is 5.75 Å². The topological polar surface area (TPSA) is 22.4 Å². The Hall–Kier alpha value is -2.10. The minimum Gasteiger partial charge on any atom is -0.487 e. The number of unbranched alkanes of at least 4 members (excludes halogenated alkanes) is 2. The molecule has 25 heavy (non-hydrogen) atoms. The van der Waals surface area contributed by atoms with Gasteiger partial charge in [0.1, 0.15) is 0 Å². The van der Waals surface area contributed by atoms with Crippen molar-refractivity contribution in [3.63, 3.8) is 0 Å². The van der Waals surface area contributed by atoms with E-state index in [0.717, 1.165) is 38.5 Å². The molecule has 0 spiro atoms. The summed E-state index contributed by atoms with van der Waals surface area (Å²) >= 11 is 0. The lowest BCUT2D eigenvalue weighted by Gasteiger charge is -2.26. The standard InChI is InChI=1S/C21H22F2O2/c1-2-3-4-6-13-9-10-15-16-11-12-17(24-14-7-5-8-14)19(23)21(16)25-20(15)18(13)22/h9-12,14H,2-8H2,1H3. The molecule has 0 saturated heterocycles. The van der Waals surface area contributed by atoms with E-state index in [2.05, 4.69) is 6.92 Å². The molecular weight excluding hydrogens is 322 g/mol. The third-order valence-corrected chi connectivity index (χ3v) is 5.13. The smallest absolute Gasteiger partial charge is 0.208 e. The van der Waals surface area contributed by atoms with Crippen LogP contribution in [0.1, 0.15) is 51.0 Å². The average Bonchev–Trinajstić information content (AvgIpc) is 2.95. The summed E-state index contributed by atoms with van der Waals surface area (Å²) in [5.41, 5.74) is 0.853. The second-order valence-electron chi connectivity index (χ2n) is 6.90. The zero-order chi connectivity index (χ0) is 17.4. The summed E-state index contributed by atoms with van der Waals surface area (Å²) in [4.78, 5) is 0. The quantitative estimate of drug-likeness (QED) is 0.474. The lowest BCUT2D eigenvalue weighted by Crippen LogP contribution is -2.24. The second-order valence-corrected chi connectivity index (χ2v) is 6.90. The van der Waals surface area contributed by atoms with Crippen molar-refractivity contribution in [1.82, 2.24) is 0 Å². The molecule has 2 aromatic carbocycles. The van der Waals surface area contributed by atoms with E-state index in [1.165, 1.54) is 0 Å². The molecule has 1 aromatic heterocycles. The predicted molar refractivity (Wildman–Crippen MR) is 95.1 cm³/mol. The highest BCUT2D eigenvalue weighted by Gasteiger charge is 2.23. The van der Waals surface area contributed by atoms with Gasteiger partial charge < -0.3 is 9.15 Å². The normalized spacial score (nSPS) is 15.0. The molecule has 0 aliphatic heterocycles. The predicted octanol–water partition coefficient (Wildman–Crippen LogP) is 6.53. The van der Waals surface area contributed by atoms with Crippen LogP contribution >= 0.6 is 0 Å². The van der Waals surface area contributed by atoms with Crippen LogP contribution in [0.4, 0.5) is 8.78 Å². The van der Waals surface area contributed by atoms with Crippen LogP contribution in [0.3, 0.4) is 0 Å². The molecule has 0 N–H and O–H groups in total. The van der Waals surface area contributed by atoms with Crippen molar-refractivity contribution in [2.75, 3.05) is 0 Å². The van der Waals surface area contributed by atoms with Crippen LogP contribution in [0.25, 0.3) is 21.9 Å². The number of benzene rings is 2. The Labute approximate surface area is 145 Å². The third kappa shape index (κ3) is 2.88. The summed E-state index contributed by atoms with van der Waals surface area (Å²) in [6.45, 7) is 2.12. The Kier molecular flexibility index (Phi) is 4.36. The highest BCUT2D eigenvalue weighted by Crippen LogP contribution is 2.37. The number of fused-ring (bicyclic) bond motifs is 3. The van der Waals surface area contributed by atoms with Gasteiger partial charge in [0.15, 0.2) is 22.7 Å². The van der Waals surface area contributed by atoms with Gasteiger partial charge in [0, 0.05) is 10.8 Å². The molecule has 0 bridgehead atoms. The maximum atomic E-state index is 14.8. The molecule has 4 rings (SSSR count). The van der Waals surface area contributed by atoms with Gasteiger partial charge in [0.05, 0.1) is 6.10 Å². The van der Waals surface area contributed by atoms with E-state index in [1.54, 1.807) is 18.2 Å². The van der Waals surface area contributed by atoms with E-state index in [0.29, 0.717) is 22.8 Å². The van der Waals surface area contributed by atoms with Gasteiger partial charge in [-0.25, -0.2) is 4.39 Å². The molecule has 4 heteroatoms. The van der Waals surface area contributed by atoms with Gasteiger partial charge in [0.2, 0.25) is 5.82 Å². The van der Waals surface area contributed by atoms with Crippen molar-refractivity contribution in [2.24, 2.45) is 0 Å². The van der Waals surface area contributed by atoms with Crippen molar-refractivity contribution in [1.29, 1.82) is 0 Å². The molecule has 0 unspecified atom stereocenters. The van der Waals surface area contributed by atoms with Gasteiger partial charge in [0.25, 0.3) is 0 Å². The molecular formula is C21H22F2O2. The second kappa shape index (κ2) is 6.66. The monoisotopic (exact) mass is 344 g/mol. The van der Waals surface area contributed by atoms with Crippen LogP contribution in [0.15, 0.2) is 28.7 Å². The highest BCUT2D eigenvalue weighted by atomic mass is 19.1. The first-order valence-corrected chi connectivity index (χ1v) is 9.17. The maximum Gasteiger partial charge on any atom is 0.208 e. The maximum absolute atomic E-state index is 14.8.